The second-order valence-electron chi connectivity index (χ2n) is 5.08. The first-order valence-electron chi connectivity index (χ1n) is 7.36. The van der Waals surface area contributed by atoms with Crippen molar-refractivity contribution in [2.45, 2.75) is 6.61 Å². The van der Waals surface area contributed by atoms with Gasteiger partial charge in [-0.15, -0.1) is 0 Å². The molecule has 6 nitrogen and oxygen atoms in total. The van der Waals surface area contributed by atoms with Crippen molar-refractivity contribution in [3.8, 4) is 17.2 Å². The van der Waals surface area contributed by atoms with Gasteiger partial charge in [-0.1, -0.05) is 36.4 Å². The van der Waals surface area contributed by atoms with Gasteiger partial charge in [0.25, 0.3) is 0 Å². The molecule has 1 aromatic heterocycles. The molecule has 0 atom stereocenters. The van der Waals surface area contributed by atoms with E-state index in [1.807, 2.05) is 30.3 Å². The van der Waals surface area contributed by atoms with Gasteiger partial charge in [-0.3, -0.25) is 0 Å². The SMILES string of the molecule is O=[N+]([O-])c1ncc(Oc2cccc(F)c2)cc1OCc1ccccc1. The van der Waals surface area contributed by atoms with Crippen LogP contribution in [0.25, 0.3) is 0 Å². The third-order valence-corrected chi connectivity index (χ3v) is 3.25. The molecule has 0 radical (unpaired) electrons. The van der Waals surface area contributed by atoms with Crippen LogP contribution in [0.15, 0.2) is 66.9 Å². The predicted octanol–water partition coefficient (Wildman–Crippen LogP) is 4.50. The topological polar surface area (TPSA) is 74.5 Å². The number of aromatic nitrogens is 1. The molecule has 0 saturated carbocycles. The zero-order chi connectivity index (χ0) is 17.6. The van der Waals surface area contributed by atoms with Crippen LogP contribution in [0.2, 0.25) is 0 Å². The Labute approximate surface area is 142 Å². The van der Waals surface area contributed by atoms with E-state index in [0.29, 0.717) is 0 Å². The molecule has 3 aromatic rings. The van der Waals surface area contributed by atoms with E-state index >= 15 is 0 Å². The van der Waals surface area contributed by atoms with Crippen LogP contribution in [0.3, 0.4) is 0 Å². The lowest BCUT2D eigenvalue weighted by atomic mass is 10.2. The van der Waals surface area contributed by atoms with Crippen molar-refractivity contribution in [2.24, 2.45) is 0 Å². The Morgan fingerprint density at radius 3 is 2.56 bits per heavy atom. The second-order valence-corrected chi connectivity index (χ2v) is 5.08. The maximum atomic E-state index is 13.2. The van der Waals surface area contributed by atoms with Crippen LogP contribution in [0, 0.1) is 15.9 Å². The number of hydrogen-bond donors (Lipinski definition) is 0. The lowest BCUT2D eigenvalue weighted by Crippen LogP contribution is -2.01. The Hall–Kier alpha value is -3.48. The van der Waals surface area contributed by atoms with Crippen molar-refractivity contribution in [3.05, 3.63) is 88.4 Å². The van der Waals surface area contributed by atoms with Gasteiger partial charge in [-0.2, -0.15) is 0 Å². The molecular formula is C18H13FN2O4. The Bertz CT molecular complexity index is 887. The molecule has 2 aromatic carbocycles. The Kier molecular flexibility index (Phi) is 4.84. The first-order chi connectivity index (χ1) is 12.1. The molecule has 7 heteroatoms. The summed E-state index contributed by atoms with van der Waals surface area (Å²) in [6.45, 7) is 0.146. The number of hydrogen-bond acceptors (Lipinski definition) is 5. The van der Waals surface area contributed by atoms with E-state index in [4.69, 9.17) is 9.47 Å². The molecule has 1 heterocycles. The Morgan fingerprint density at radius 2 is 1.84 bits per heavy atom. The molecule has 0 amide bonds. The first-order valence-corrected chi connectivity index (χ1v) is 7.36. The van der Waals surface area contributed by atoms with Gasteiger partial charge in [0, 0.05) is 12.1 Å². The average molecular weight is 340 g/mol. The summed E-state index contributed by atoms with van der Waals surface area (Å²) < 4.78 is 24.2. The standard InChI is InChI=1S/C18H13FN2O4/c19-14-7-4-8-15(9-14)25-16-10-17(18(20-11-16)21(22)23)24-12-13-5-2-1-3-6-13/h1-11H,12H2. The van der Waals surface area contributed by atoms with E-state index in [-0.39, 0.29) is 23.9 Å². The predicted molar refractivity (Wildman–Crippen MR) is 88.1 cm³/mol. The molecule has 0 N–H and O–H groups in total. The first kappa shape index (κ1) is 16.4. The van der Waals surface area contributed by atoms with Gasteiger partial charge in [0.2, 0.25) is 5.75 Å². The van der Waals surface area contributed by atoms with Crippen LogP contribution in [0.4, 0.5) is 10.2 Å². The number of pyridine rings is 1. The van der Waals surface area contributed by atoms with E-state index in [0.717, 1.165) is 5.56 Å². The van der Waals surface area contributed by atoms with Gasteiger partial charge < -0.3 is 19.6 Å². The van der Waals surface area contributed by atoms with Crippen LogP contribution in [0.5, 0.6) is 17.2 Å². The third kappa shape index (κ3) is 4.29. The van der Waals surface area contributed by atoms with Crippen molar-refractivity contribution in [2.75, 3.05) is 0 Å². The van der Waals surface area contributed by atoms with Gasteiger partial charge in [-0.25, -0.2) is 4.39 Å². The van der Waals surface area contributed by atoms with Gasteiger partial charge in [0.15, 0.2) is 11.9 Å². The Balaban J connectivity index is 1.82. The summed E-state index contributed by atoms with van der Waals surface area (Å²) >= 11 is 0. The van der Waals surface area contributed by atoms with Crippen LogP contribution >= 0.6 is 0 Å². The van der Waals surface area contributed by atoms with E-state index in [1.165, 1.54) is 30.5 Å². The van der Waals surface area contributed by atoms with Crippen molar-refractivity contribution in [1.82, 2.24) is 4.98 Å². The van der Waals surface area contributed by atoms with Gasteiger partial charge in [0.05, 0.1) is 0 Å². The average Bonchev–Trinajstić information content (AvgIpc) is 2.61. The highest BCUT2D eigenvalue weighted by molar-refractivity contribution is 5.45. The zero-order valence-corrected chi connectivity index (χ0v) is 13.0. The molecule has 126 valence electrons. The monoisotopic (exact) mass is 340 g/mol. The highest BCUT2D eigenvalue weighted by Crippen LogP contribution is 2.31. The molecule has 0 fully saturated rings. The molecular weight excluding hydrogens is 327 g/mol. The molecule has 0 aliphatic carbocycles. The van der Waals surface area contributed by atoms with Gasteiger partial charge in [0.1, 0.15) is 18.2 Å². The zero-order valence-electron chi connectivity index (χ0n) is 13.0. The summed E-state index contributed by atoms with van der Waals surface area (Å²) in [4.78, 5) is 14.3. The minimum atomic E-state index is -0.633. The maximum Gasteiger partial charge on any atom is 0.406 e. The van der Waals surface area contributed by atoms with E-state index < -0.39 is 16.6 Å². The summed E-state index contributed by atoms with van der Waals surface area (Å²) in [5, 5.41) is 11.1. The van der Waals surface area contributed by atoms with Crippen LogP contribution in [-0.4, -0.2) is 9.91 Å². The van der Waals surface area contributed by atoms with E-state index in [2.05, 4.69) is 4.98 Å². The summed E-state index contributed by atoms with van der Waals surface area (Å²) in [5.74, 6) is -0.429. The fourth-order valence-corrected chi connectivity index (χ4v) is 2.12. The molecule has 0 aliphatic heterocycles. The van der Waals surface area contributed by atoms with Crippen LogP contribution in [0.1, 0.15) is 5.56 Å². The third-order valence-electron chi connectivity index (χ3n) is 3.25. The summed E-state index contributed by atoms with van der Waals surface area (Å²) in [5.41, 5.74) is 0.855. The molecule has 0 saturated heterocycles. The number of rotatable bonds is 6. The highest BCUT2D eigenvalue weighted by Gasteiger charge is 2.19. The lowest BCUT2D eigenvalue weighted by molar-refractivity contribution is -0.390. The molecule has 0 unspecified atom stereocenters. The fourth-order valence-electron chi connectivity index (χ4n) is 2.12. The van der Waals surface area contributed by atoms with Crippen LogP contribution in [-0.2, 0) is 6.61 Å². The largest absolute Gasteiger partial charge is 0.481 e. The fraction of sp³-hybridized carbons (Fsp3) is 0.0556. The number of benzene rings is 2. The van der Waals surface area contributed by atoms with Crippen molar-refractivity contribution >= 4 is 5.82 Å². The van der Waals surface area contributed by atoms with Crippen LogP contribution < -0.4 is 9.47 Å². The lowest BCUT2D eigenvalue weighted by Gasteiger charge is -2.09. The number of halogens is 1. The molecule has 3 rings (SSSR count). The van der Waals surface area contributed by atoms with E-state index in [9.17, 15) is 14.5 Å². The molecule has 0 aliphatic rings. The van der Waals surface area contributed by atoms with Gasteiger partial charge in [-0.05, 0) is 27.6 Å². The summed E-state index contributed by atoms with van der Waals surface area (Å²) in [7, 11) is 0. The quantitative estimate of drug-likeness (QED) is 0.488. The molecule has 0 bridgehead atoms. The second kappa shape index (κ2) is 7.39. The normalized spacial score (nSPS) is 10.3. The summed E-state index contributed by atoms with van der Waals surface area (Å²) in [6, 6.07) is 16.1. The van der Waals surface area contributed by atoms with Gasteiger partial charge >= 0.3 is 5.82 Å². The van der Waals surface area contributed by atoms with Crippen molar-refractivity contribution < 1.29 is 18.8 Å². The maximum absolute atomic E-state index is 13.2. The minimum absolute atomic E-state index is 0.0252. The molecule has 25 heavy (non-hydrogen) atoms. The smallest absolute Gasteiger partial charge is 0.406 e. The molecule has 0 spiro atoms. The number of nitro groups is 1. The van der Waals surface area contributed by atoms with Crippen molar-refractivity contribution in [3.63, 3.8) is 0 Å². The highest BCUT2D eigenvalue weighted by atomic mass is 19.1. The Morgan fingerprint density at radius 1 is 1.04 bits per heavy atom. The van der Waals surface area contributed by atoms with E-state index in [1.54, 1.807) is 6.07 Å². The summed E-state index contributed by atoms with van der Waals surface area (Å²) in [6.07, 6.45) is 1.19. The minimum Gasteiger partial charge on any atom is -0.481 e. The number of ether oxygens (including phenoxy) is 2. The number of nitrogens with zero attached hydrogens (tertiary/aromatic N) is 2. The van der Waals surface area contributed by atoms with Crippen molar-refractivity contribution in [1.29, 1.82) is 0 Å².